The molecule has 1 fully saturated rings. The SMILES string of the molecule is COc1ccc2ncc(Cl)c(C(O)CCC3(C(=O)O)CCN(CCCSc4cccc(Cl)c4)CC3)c2c1. The summed E-state index contributed by atoms with van der Waals surface area (Å²) in [6.07, 6.45) is 3.47. The number of aliphatic hydroxyl groups is 1. The van der Waals surface area contributed by atoms with Gasteiger partial charge in [-0.1, -0.05) is 29.3 Å². The van der Waals surface area contributed by atoms with Gasteiger partial charge in [-0.2, -0.15) is 0 Å². The number of nitrogens with zero attached hydrogens (tertiary/aromatic N) is 2. The normalized spacial score (nSPS) is 16.5. The minimum Gasteiger partial charge on any atom is -0.497 e. The number of pyridine rings is 1. The summed E-state index contributed by atoms with van der Waals surface area (Å²) in [5, 5.41) is 23.1. The molecule has 0 spiro atoms. The zero-order valence-electron chi connectivity index (χ0n) is 20.8. The minimum atomic E-state index is -0.900. The summed E-state index contributed by atoms with van der Waals surface area (Å²) in [6.45, 7) is 2.41. The largest absolute Gasteiger partial charge is 0.497 e. The van der Waals surface area contributed by atoms with E-state index in [0.29, 0.717) is 52.9 Å². The van der Waals surface area contributed by atoms with E-state index >= 15 is 0 Å². The van der Waals surface area contributed by atoms with Crippen molar-refractivity contribution < 1.29 is 19.7 Å². The summed E-state index contributed by atoms with van der Waals surface area (Å²) >= 11 is 14.3. The number of likely N-dealkylation sites (tertiary alicyclic amines) is 1. The van der Waals surface area contributed by atoms with E-state index in [1.807, 2.05) is 36.4 Å². The second kappa shape index (κ2) is 12.7. The predicted octanol–water partition coefficient (Wildman–Crippen LogP) is 6.71. The molecular formula is C28H32Cl2N2O4S. The molecule has 2 N–H and O–H groups in total. The third-order valence-corrected chi connectivity index (χ3v) is 8.86. The maximum absolute atomic E-state index is 12.4. The molecule has 0 radical (unpaired) electrons. The van der Waals surface area contributed by atoms with Gasteiger partial charge in [0.05, 0.1) is 29.2 Å². The molecule has 4 rings (SSSR count). The van der Waals surface area contributed by atoms with Crippen molar-refractivity contribution in [2.45, 2.75) is 43.1 Å². The first-order valence-corrected chi connectivity index (χ1v) is 14.2. The number of fused-ring (bicyclic) bond motifs is 1. The number of carboxylic acid groups (broad SMARTS) is 1. The molecule has 2 heterocycles. The van der Waals surface area contributed by atoms with Gasteiger partial charge in [-0.05, 0) is 93.9 Å². The molecule has 37 heavy (non-hydrogen) atoms. The molecule has 0 bridgehead atoms. The number of halogens is 2. The molecule has 1 aliphatic heterocycles. The first-order chi connectivity index (χ1) is 17.8. The number of carbonyl (C=O) groups is 1. The molecule has 9 heteroatoms. The fourth-order valence-corrected chi connectivity index (χ4v) is 6.43. The molecular weight excluding hydrogens is 531 g/mol. The average Bonchev–Trinajstić information content (AvgIpc) is 2.90. The van der Waals surface area contributed by atoms with Gasteiger partial charge in [0.1, 0.15) is 5.75 Å². The van der Waals surface area contributed by atoms with E-state index in [4.69, 9.17) is 27.9 Å². The van der Waals surface area contributed by atoms with Crippen molar-refractivity contribution in [2.75, 3.05) is 32.5 Å². The minimum absolute atomic E-state index is 0.304. The van der Waals surface area contributed by atoms with Crippen LogP contribution in [0.5, 0.6) is 5.75 Å². The number of ether oxygens (including phenoxy) is 1. The Labute approximate surface area is 231 Å². The van der Waals surface area contributed by atoms with Gasteiger partial charge in [-0.15, -0.1) is 11.8 Å². The summed E-state index contributed by atoms with van der Waals surface area (Å²) < 4.78 is 5.33. The second-order valence-electron chi connectivity index (χ2n) is 9.54. The third kappa shape index (κ3) is 6.89. The maximum Gasteiger partial charge on any atom is 0.309 e. The van der Waals surface area contributed by atoms with Crippen molar-refractivity contribution in [2.24, 2.45) is 5.41 Å². The van der Waals surface area contributed by atoms with Crippen molar-refractivity contribution >= 4 is 51.8 Å². The van der Waals surface area contributed by atoms with Crippen molar-refractivity contribution in [3.63, 3.8) is 0 Å². The molecule has 0 aliphatic carbocycles. The highest BCUT2D eigenvalue weighted by Gasteiger charge is 2.41. The smallest absolute Gasteiger partial charge is 0.309 e. The van der Waals surface area contributed by atoms with Crippen LogP contribution in [0.15, 0.2) is 53.6 Å². The quantitative estimate of drug-likeness (QED) is 0.198. The number of aliphatic carboxylic acids is 1. The lowest BCUT2D eigenvalue weighted by molar-refractivity contribution is -0.153. The number of thioether (sulfide) groups is 1. The van der Waals surface area contributed by atoms with Crippen LogP contribution < -0.4 is 4.74 Å². The van der Waals surface area contributed by atoms with Crippen LogP contribution in [0, 0.1) is 5.41 Å². The average molecular weight is 564 g/mol. The Morgan fingerprint density at radius 1 is 1.22 bits per heavy atom. The fourth-order valence-electron chi connectivity index (χ4n) is 5.00. The first kappa shape index (κ1) is 28.0. The molecule has 198 valence electrons. The number of hydrogen-bond donors (Lipinski definition) is 2. The van der Waals surface area contributed by atoms with Crippen LogP contribution in [0.2, 0.25) is 10.0 Å². The van der Waals surface area contributed by atoms with E-state index in [9.17, 15) is 15.0 Å². The number of benzene rings is 2. The Kier molecular flexibility index (Phi) is 9.59. The highest BCUT2D eigenvalue weighted by molar-refractivity contribution is 7.99. The van der Waals surface area contributed by atoms with Gasteiger partial charge in [0.25, 0.3) is 0 Å². The summed E-state index contributed by atoms with van der Waals surface area (Å²) in [7, 11) is 1.58. The lowest BCUT2D eigenvalue weighted by atomic mass is 9.74. The van der Waals surface area contributed by atoms with E-state index in [0.717, 1.165) is 41.7 Å². The van der Waals surface area contributed by atoms with Crippen LogP contribution in [-0.4, -0.2) is 58.6 Å². The van der Waals surface area contributed by atoms with Crippen LogP contribution in [0.25, 0.3) is 10.9 Å². The van der Waals surface area contributed by atoms with Crippen molar-refractivity contribution in [3.05, 3.63) is 64.3 Å². The summed E-state index contributed by atoms with van der Waals surface area (Å²) in [5.41, 5.74) is 0.426. The highest BCUT2D eigenvalue weighted by Crippen LogP contribution is 2.41. The van der Waals surface area contributed by atoms with E-state index in [1.54, 1.807) is 18.9 Å². The standard InChI is InChI=1S/C28H32Cl2N2O4S/c1-36-20-6-7-24-22(17-20)26(23(30)18-31-24)25(33)8-9-28(27(34)35)10-13-32(14-11-28)12-3-15-37-21-5-2-4-19(29)16-21/h2,4-7,16-18,25,33H,3,8-15H2,1H3,(H,34,35). The van der Waals surface area contributed by atoms with Crippen LogP contribution in [0.1, 0.15) is 43.8 Å². The molecule has 1 unspecified atom stereocenters. The summed E-state index contributed by atoms with van der Waals surface area (Å²) in [6, 6.07) is 13.3. The second-order valence-corrected chi connectivity index (χ2v) is 11.6. The molecule has 1 saturated heterocycles. The Morgan fingerprint density at radius 2 is 2.00 bits per heavy atom. The van der Waals surface area contributed by atoms with Gasteiger partial charge in [0, 0.05) is 27.1 Å². The first-order valence-electron chi connectivity index (χ1n) is 12.5. The van der Waals surface area contributed by atoms with Crippen molar-refractivity contribution in [1.82, 2.24) is 9.88 Å². The lowest BCUT2D eigenvalue weighted by Crippen LogP contribution is -2.44. The molecule has 3 aromatic rings. The van der Waals surface area contributed by atoms with E-state index in [-0.39, 0.29) is 0 Å². The molecule has 1 aromatic heterocycles. The van der Waals surface area contributed by atoms with Gasteiger partial charge in [-0.25, -0.2) is 0 Å². The van der Waals surface area contributed by atoms with E-state index in [1.165, 1.54) is 6.20 Å². The summed E-state index contributed by atoms with van der Waals surface area (Å²) in [4.78, 5) is 20.2. The molecule has 1 atom stereocenters. The van der Waals surface area contributed by atoms with Crippen LogP contribution in [-0.2, 0) is 4.79 Å². The molecule has 6 nitrogen and oxygen atoms in total. The van der Waals surface area contributed by atoms with Gasteiger partial charge < -0.3 is 19.8 Å². The predicted molar refractivity (Wildman–Crippen MR) is 150 cm³/mol. The van der Waals surface area contributed by atoms with Gasteiger partial charge in [-0.3, -0.25) is 9.78 Å². The number of aliphatic hydroxyl groups excluding tert-OH is 1. The van der Waals surface area contributed by atoms with Crippen molar-refractivity contribution in [3.8, 4) is 5.75 Å². The molecule has 0 saturated carbocycles. The monoisotopic (exact) mass is 562 g/mol. The molecule has 1 aliphatic rings. The van der Waals surface area contributed by atoms with Gasteiger partial charge in [0.2, 0.25) is 0 Å². The van der Waals surface area contributed by atoms with Crippen LogP contribution in [0.4, 0.5) is 0 Å². The van der Waals surface area contributed by atoms with E-state index < -0.39 is 17.5 Å². The zero-order valence-corrected chi connectivity index (χ0v) is 23.2. The number of piperidine rings is 1. The Balaban J connectivity index is 1.33. The summed E-state index contributed by atoms with van der Waals surface area (Å²) in [5.74, 6) is 0.840. The van der Waals surface area contributed by atoms with Gasteiger partial charge in [0.15, 0.2) is 0 Å². The Bertz CT molecular complexity index is 1230. The number of methoxy groups -OCH3 is 1. The van der Waals surface area contributed by atoms with Gasteiger partial charge >= 0.3 is 5.97 Å². The molecule has 2 aromatic carbocycles. The zero-order chi connectivity index (χ0) is 26.4. The lowest BCUT2D eigenvalue weighted by Gasteiger charge is -2.39. The van der Waals surface area contributed by atoms with E-state index in [2.05, 4.69) is 16.0 Å². The number of carboxylic acids is 1. The number of aromatic nitrogens is 1. The maximum atomic E-state index is 12.4. The Morgan fingerprint density at radius 3 is 2.70 bits per heavy atom. The topological polar surface area (TPSA) is 82.9 Å². The van der Waals surface area contributed by atoms with Crippen molar-refractivity contribution in [1.29, 1.82) is 0 Å². The Hall–Kier alpha value is -2.03. The number of rotatable bonds is 11. The van der Waals surface area contributed by atoms with Crippen LogP contribution in [0.3, 0.4) is 0 Å². The third-order valence-electron chi connectivity index (χ3n) is 7.25. The number of hydrogen-bond acceptors (Lipinski definition) is 6. The highest BCUT2D eigenvalue weighted by atomic mass is 35.5. The van der Waals surface area contributed by atoms with Crippen LogP contribution >= 0.6 is 35.0 Å². The fraction of sp³-hybridized carbons (Fsp3) is 0.429. The molecule has 0 amide bonds.